The minimum atomic E-state index is -1.02. The van der Waals surface area contributed by atoms with Crippen molar-refractivity contribution >= 4 is 34.4 Å². The van der Waals surface area contributed by atoms with Crippen LogP contribution in [0.2, 0.25) is 0 Å². The molecule has 1 aliphatic rings. The highest BCUT2D eigenvalue weighted by Crippen LogP contribution is 2.30. The quantitative estimate of drug-likeness (QED) is 0.242. The van der Waals surface area contributed by atoms with Gasteiger partial charge in [-0.3, -0.25) is 9.59 Å². The number of aliphatic hydroxyl groups is 2. The van der Waals surface area contributed by atoms with Crippen molar-refractivity contribution in [2.24, 2.45) is 0 Å². The second-order valence-electron chi connectivity index (χ2n) is 8.56. The summed E-state index contributed by atoms with van der Waals surface area (Å²) in [5, 5.41) is 23.1. The molecule has 0 saturated carbocycles. The van der Waals surface area contributed by atoms with Crippen molar-refractivity contribution in [3.63, 3.8) is 0 Å². The van der Waals surface area contributed by atoms with Gasteiger partial charge in [-0.15, -0.1) is 0 Å². The zero-order chi connectivity index (χ0) is 25.1. The lowest BCUT2D eigenvalue weighted by Gasteiger charge is -2.40. The van der Waals surface area contributed by atoms with E-state index in [2.05, 4.69) is 27.9 Å². The largest absolute Gasteiger partial charge is 0.482 e. The summed E-state index contributed by atoms with van der Waals surface area (Å²) in [6, 6.07) is 6.81. The first-order valence-corrected chi connectivity index (χ1v) is 13.0. The minimum Gasteiger partial charge on any atom is -0.482 e. The number of carbonyl (C=O) groups is 2. The number of halogens is 1. The van der Waals surface area contributed by atoms with Crippen molar-refractivity contribution < 1.29 is 29.3 Å². The Labute approximate surface area is 215 Å². The van der Waals surface area contributed by atoms with Gasteiger partial charge >= 0.3 is 0 Å². The summed E-state index contributed by atoms with van der Waals surface area (Å²) in [5.41, 5.74) is 0.424. The van der Waals surface area contributed by atoms with Gasteiger partial charge in [0.05, 0.1) is 22.3 Å². The third-order valence-electron chi connectivity index (χ3n) is 5.49. The van der Waals surface area contributed by atoms with Crippen molar-refractivity contribution in [3.05, 3.63) is 39.5 Å². The van der Waals surface area contributed by atoms with Gasteiger partial charge in [0.1, 0.15) is 18.0 Å². The van der Waals surface area contributed by atoms with Crippen LogP contribution >= 0.6 is 22.6 Å². The predicted octanol–water partition coefficient (Wildman–Crippen LogP) is 2.65. The van der Waals surface area contributed by atoms with Crippen molar-refractivity contribution in [1.82, 2.24) is 10.2 Å². The molecular formula is C25H37IN2O6. The van der Waals surface area contributed by atoms with Crippen LogP contribution in [0.4, 0.5) is 0 Å². The van der Waals surface area contributed by atoms with E-state index in [9.17, 15) is 14.7 Å². The van der Waals surface area contributed by atoms with E-state index >= 15 is 0 Å². The fourth-order valence-corrected chi connectivity index (χ4v) is 4.37. The van der Waals surface area contributed by atoms with Gasteiger partial charge in [0, 0.05) is 38.1 Å². The molecule has 8 nitrogen and oxygen atoms in total. The maximum absolute atomic E-state index is 13.1. The number of carbonyl (C=O) groups excluding carboxylic acids is 2. The maximum atomic E-state index is 13.1. The van der Waals surface area contributed by atoms with Crippen LogP contribution in [0.25, 0.3) is 0 Å². The molecule has 9 heteroatoms. The van der Waals surface area contributed by atoms with Gasteiger partial charge in [0.2, 0.25) is 11.8 Å². The van der Waals surface area contributed by atoms with Crippen LogP contribution < -0.4 is 10.1 Å². The molecule has 3 atom stereocenters. The van der Waals surface area contributed by atoms with Gasteiger partial charge in [0.25, 0.3) is 0 Å². The third kappa shape index (κ3) is 8.51. The van der Waals surface area contributed by atoms with Gasteiger partial charge in [-0.2, -0.15) is 0 Å². The van der Waals surface area contributed by atoms with Crippen LogP contribution in [0.1, 0.15) is 46.5 Å². The second-order valence-corrected chi connectivity index (χ2v) is 9.72. The Morgan fingerprint density at radius 3 is 2.68 bits per heavy atom. The van der Waals surface area contributed by atoms with Gasteiger partial charge in [-0.1, -0.05) is 19.1 Å². The van der Waals surface area contributed by atoms with Crippen LogP contribution in [-0.2, 0) is 14.3 Å². The minimum absolute atomic E-state index is 0.0684. The summed E-state index contributed by atoms with van der Waals surface area (Å²) in [6.07, 6.45) is 1.75. The van der Waals surface area contributed by atoms with Crippen LogP contribution in [-0.4, -0.2) is 77.6 Å². The summed E-state index contributed by atoms with van der Waals surface area (Å²) >= 11 is 2.16. The fraction of sp³-hybridized carbons (Fsp3) is 0.600. The summed E-state index contributed by atoms with van der Waals surface area (Å²) in [6.45, 7) is 6.71. The van der Waals surface area contributed by atoms with Gasteiger partial charge in [-0.25, -0.2) is 0 Å². The fourth-order valence-electron chi connectivity index (χ4n) is 3.85. The van der Waals surface area contributed by atoms with E-state index in [1.807, 2.05) is 39.0 Å². The van der Waals surface area contributed by atoms with E-state index in [0.717, 1.165) is 3.57 Å². The lowest BCUT2D eigenvalue weighted by molar-refractivity contribution is -0.139. The van der Waals surface area contributed by atoms with Gasteiger partial charge < -0.3 is 29.9 Å². The Balaban J connectivity index is 2.32. The summed E-state index contributed by atoms with van der Waals surface area (Å²) in [5.74, 6) is 0.186. The number of hydrogen-bond acceptors (Lipinski definition) is 6. The molecule has 2 amide bonds. The molecule has 0 aliphatic heterocycles. The lowest BCUT2D eigenvalue weighted by atomic mass is 9.87. The zero-order valence-corrected chi connectivity index (χ0v) is 22.4. The molecule has 1 aromatic carbocycles. The molecule has 34 heavy (non-hydrogen) atoms. The number of hydrogen-bond donors (Lipinski definition) is 3. The molecule has 0 aromatic heterocycles. The third-order valence-corrected chi connectivity index (χ3v) is 6.38. The molecule has 3 N–H and O–H groups in total. The number of nitrogens with one attached hydrogen (secondary N) is 1. The average Bonchev–Trinajstić information content (AvgIpc) is 2.80. The van der Waals surface area contributed by atoms with Crippen molar-refractivity contribution in [3.8, 4) is 5.75 Å². The molecule has 1 aliphatic carbocycles. The van der Waals surface area contributed by atoms with Gasteiger partial charge in [0.15, 0.2) is 0 Å². The van der Waals surface area contributed by atoms with Gasteiger partial charge in [-0.05, 0) is 67.5 Å². The molecule has 1 aromatic rings. The van der Waals surface area contributed by atoms with Crippen molar-refractivity contribution in [1.29, 1.82) is 0 Å². The number of para-hydroxylation sites is 1. The summed E-state index contributed by atoms with van der Waals surface area (Å²) < 4.78 is 12.6. The smallest absolute Gasteiger partial charge is 0.247 e. The van der Waals surface area contributed by atoms with Crippen LogP contribution in [0, 0.1) is 3.57 Å². The standard InChI is InChI=1S/C25H37IN2O6/c1-4-8-23(30)28(12-7-14-33-17(2)3)20-15-18(25(32)27-11-13-29)16-22(24(20)31)34-21-10-6-5-9-19(21)26/h5-6,9-10,16-17,20,22,24,29,31H,4,7-8,11-15H2,1-3H3,(H,27,32). The number of nitrogens with zero attached hydrogens (tertiary/aromatic N) is 1. The number of rotatable bonds is 13. The normalized spacial score (nSPS) is 20.1. The first-order valence-electron chi connectivity index (χ1n) is 11.9. The maximum Gasteiger partial charge on any atom is 0.247 e. The van der Waals surface area contributed by atoms with E-state index < -0.39 is 18.2 Å². The lowest BCUT2D eigenvalue weighted by Crippen LogP contribution is -2.55. The molecule has 0 saturated heterocycles. The molecule has 0 heterocycles. The van der Waals surface area contributed by atoms with Crippen molar-refractivity contribution in [2.45, 2.75) is 70.8 Å². The highest BCUT2D eigenvalue weighted by atomic mass is 127. The predicted molar refractivity (Wildman–Crippen MR) is 138 cm³/mol. The molecule has 0 radical (unpaired) electrons. The first kappa shape index (κ1) is 28.5. The molecule has 190 valence electrons. The highest BCUT2D eigenvalue weighted by molar-refractivity contribution is 14.1. The Morgan fingerprint density at radius 1 is 1.29 bits per heavy atom. The Hall–Kier alpha value is -1.69. The van der Waals surface area contributed by atoms with Crippen LogP contribution in [0.5, 0.6) is 5.75 Å². The molecule has 0 spiro atoms. The summed E-state index contributed by atoms with van der Waals surface area (Å²) in [7, 11) is 0. The van der Waals surface area contributed by atoms with Crippen LogP contribution in [0.15, 0.2) is 35.9 Å². The monoisotopic (exact) mass is 588 g/mol. The molecular weight excluding hydrogens is 551 g/mol. The Morgan fingerprint density at radius 2 is 2.03 bits per heavy atom. The number of benzene rings is 1. The average molecular weight is 588 g/mol. The van der Waals surface area contributed by atoms with Crippen LogP contribution in [0.3, 0.4) is 0 Å². The van der Waals surface area contributed by atoms with E-state index in [1.54, 1.807) is 17.0 Å². The number of amides is 2. The molecule has 3 unspecified atom stereocenters. The van der Waals surface area contributed by atoms with E-state index in [-0.39, 0.29) is 37.5 Å². The topological polar surface area (TPSA) is 108 Å². The molecule has 0 fully saturated rings. The second kappa shape index (κ2) is 14.7. The van der Waals surface area contributed by atoms with E-state index in [1.165, 1.54) is 0 Å². The number of ether oxygens (including phenoxy) is 2. The zero-order valence-electron chi connectivity index (χ0n) is 20.2. The van der Waals surface area contributed by atoms with E-state index in [0.29, 0.717) is 43.7 Å². The first-order chi connectivity index (χ1) is 16.3. The molecule has 2 rings (SSSR count). The Kier molecular flexibility index (Phi) is 12.3. The summed E-state index contributed by atoms with van der Waals surface area (Å²) in [4.78, 5) is 27.5. The SMILES string of the molecule is CCCC(=O)N(CCCOC(C)C)C1CC(C(=O)NCCO)=CC(Oc2ccccc2I)C1O. The van der Waals surface area contributed by atoms with Crippen molar-refractivity contribution in [2.75, 3.05) is 26.3 Å². The molecule has 0 bridgehead atoms. The Bertz CT molecular complexity index is 831. The number of aliphatic hydroxyl groups excluding tert-OH is 2. The highest BCUT2D eigenvalue weighted by Gasteiger charge is 2.40. The van der Waals surface area contributed by atoms with E-state index in [4.69, 9.17) is 14.6 Å².